The summed E-state index contributed by atoms with van der Waals surface area (Å²) < 4.78 is 5.38. The van der Waals surface area contributed by atoms with Crippen molar-refractivity contribution in [2.45, 2.75) is 52.3 Å². The molecule has 1 aliphatic heterocycles. The number of hydrogen-bond donors (Lipinski definition) is 1. The first-order chi connectivity index (χ1) is 12.3. The maximum absolute atomic E-state index is 12.0. The van der Waals surface area contributed by atoms with Crippen LogP contribution in [0, 0.1) is 0 Å². The smallest absolute Gasteiger partial charge is 0.410 e. The minimum atomic E-state index is -0.477. The summed E-state index contributed by atoms with van der Waals surface area (Å²) in [7, 11) is 3.58. The highest BCUT2D eigenvalue weighted by Crippen LogP contribution is 2.12. The fourth-order valence-corrected chi connectivity index (χ4v) is 2.88. The van der Waals surface area contributed by atoms with Gasteiger partial charge in [0.05, 0.1) is 0 Å². The monoisotopic (exact) mass is 360 g/mol. The number of benzene rings is 1. The van der Waals surface area contributed by atoms with Gasteiger partial charge in [-0.3, -0.25) is 4.99 Å². The second-order valence-corrected chi connectivity index (χ2v) is 7.75. The van der Waals surface area contributed by atoms with Crippen LogP contribution < -0.4 is 5.32 Å². The topological polar surface area (TPSA) is 57.2 Å². The zero-order valence-electron chi connectivity index (χ0n) is 16.7. The van der Waals surface area contributed by atoms with Crippen molar-refractivity contribution in [2.24, 2.45) is 4.99 Å². The Kier molecular flexibility index (Phi) is 6.89. The largest absolute Gasteiger partial charge is 0.444 e. The van der Waals surface area contributed by atoms with Crippen LogP contribution in [-0.2, 0) is 17.8 Å². The number of amides is 1. The van der Waals surface area contributed by atoms with Gasteiger partial charge in [0.1, 0.15) is 5.60 Å². The van der Waals surface area contributed by atoms with Crippen LogP contribution in [0.15, 0.2) is 29.3 Å². The van der Waals surface area contributed by atoms with Crippen molar-refractivity contribution in [1.29, 1.82) is 0 Å². The number of nitrogens with one attached hydrogen (secondary N) is 1. The number of guanidine groups is 1. The standard InChI is InChI=1S/C20H32N4O2/c1-20(2,3)26-19(25)23(5)15-17-10-8-16(9-11-17)14-22-18(21-4)24-12-6-7-13-24/h8-11H,6-7,12-15H2,1-5H3,(H,21,22). The normalized spacial score (nSPS) is 15.1. The van der Waals surface area contributed by atoms with Gasteiger partial charge in [0.2, 0.25) is 0 Å². The number of carbonyl (C=O) groups is 1. The lowest BCUT2D eigenvalue weighted by atomic mass is 10.1. The van der Waals surface area contributed by atoms with Crippen molar-refractivity contribution in [3.63, 3.8) is 0 Å². The zero-order valence-corrected chi connectivity index (χ0v) is 16.7. The van der Waals surface area contributed by atoms with Crippen molar-refractivity contribution in [3.05, 3.63) is 35.4 Å². The molecule has 1 aromatic carbocycles. The maximum Gasteiger partial charge on any atom is 0.410 e. The van der Waals surface area contributed by atoms with Crippen molar-refractivity contribution in [3.8, 4) is 0 Å². The van der Waals surface area contributed by atoms with Crippen LogP contribution in [-0.4, -0.2) is 54.6 Å². The molecule has 2 rings (SSSR count). The molecule has 26 heavy (non-hydrogen) atoms. The average molecular weight is 361 g/mol. The molecule has 6 heteroatoms. The summed E-state index contributed by atoms with van der Waals surface area (Å²) in [6.45, 7) is 9.04. The molecular formula is C20H32N4O2. The first-order valence-corrected chi connectivity index (χ1v) is 9.26. The van der Waals surface area contributed by atoms with E-state index in [9.17, 15) is 4.79 Å². The summed E-state index contributed by atoms with van der Waals surface area (Å²) in [5.41, 5.74) is 1.79. The highest BCUT2D eigenvalue weighted by molar-refractivity contribution is 5.80. The predicted octanol–water partition coefficient (Wildman–Crippen LogP) is 3.22. The molecule has 0 atom stereocenters. The molecule has 144 valence electrons. The maximum atomic E-state index is 12.0. The van der Waals surface area contributed by atoms with Crippen molar-refractivity contribution < 1.29 is 9.53 Å². The van der Waals surface area contributed by atoms with Gasteiger partial charge in [0, 0.05) is 40.3 Å². The molecule has 6 nitrogen and oxygen atoms in total. The summed E-state index contributed by atoms with van der Waals surface area (Å²) in [5, 5.41) is 3.42. The van der Waals surface area contributed by atoms with Gasteiger partial charge >= 0.3 is 6.09 Å². The number of rotatable bonds is 4. The SMILES string of the molecule is CN=C(NCc1ccc(CN(C)C(=O)OC(C)(C)C)cc1)N1CCCC1. The van der Waals surface area contributed by atoms with Crippen LogP contribution in [0.3, 0.4) is 0 Å². The van der Waals surface area contributed by atoms with Crippen LogP contribution in [0.2, 0.25) is 0 Å². The van der Waals surface area contributed by atoms with Crippen molar-refractivity contribution in [2.75, 3.05) is 27.2 Å². The molecule has 1 amide bonds. The van der Waals surface area contributed by atoms with E-state index in [-0.39, 0.29) is 6.09 Å². The summed E-state index contributed by atoms with van der Waals surface area (Å²) in [6, 6.07) is 8.28. The van der Waals surface area contributed by atoms with E-state index in [1.807, 2.05) is 27.8 Å². The summed E-state index contributed by atoms with van der Waals surface area (Å²) >= 11 is 0. The first-order valence-electron chi connectivity index (χ1n) is 9.26. The van der Waals surface area contributed by atoms with Crippen LogP contribution in [0.1, 0.15) is 44.7 Å². The molecule has 1 aromatic rings. The zero-order chi connectivity index (χ0) is 19.2. The second kappa shape index (κ2) is 8.92. The second-order valence-electron chi connectivity index (χ2n) is 7.75. The third-order valence-corrected chi connectivity index (χ3v) is 4.22. The van der Waals surface area contributed by atoms with Gasteiger partial charge < -0.3 is 19.9 Å². The van der Waals surface area contributed by atoms with Crippen LogP contribution in [0.5, 0.6) is 0 Å². The van der Waals surface area contributed by atoms with Crippen molar-refractivity contribution in [1.82, 2.24) is 15.1 Å². The van der Waals surface area contributed by atoms with Gasteiger partial charge in [-0.2, -0.15) is 0 Å². The first kappa shape index (κ1) is 20.1. The molecule has 1 saturated heterocycles. The van der Waals surface area contributed by atoms with E-state index >= 15 is 0 Å². The molecule has 1 heterocycles. The number of hydrogen-bond acceptors (Lipinski definition) is 3. The van der Waals surface area contributed by atoms with Gasteiger partial charge in [-0.1, -0.05) is 24.3 Å². The Labute approximate surface area is 157 Å². The van der Waals surface area contributed by atoms with Gasteiger partial charge in [-0.15, -0.1) is 0 Å². The molecule has 0 aliphatic carbocycles. The van der Waals surface area contributed by atoms with Crippen molar-refractivity contribution >= 4 is 12.1 Å². The van der Waals surface area contributed by atoms with Gasteiger partial charge in [-0.25, -0.2) is 4.79 Å². The molecule has 0 saturated carbocycles. The minimum absolute atomic E-state index is 0.308. The van der Waals surface area contributed by atoms with Gasteiger partial charge in [-0.05, 0) is 44.7 Å². The molecule has 1 fully saturated rings. The Bertz CT molecular complexity index is 614. The Morgan fingerprint density at radius 2 is 1.77 bits per heavy atom. The highest BCUT2D eigenvalue weighted by atomic mass is 16.6. The van der Waals surface area contributed by atoms with Gasteiger partial charge in [0.25, 0.3) is 0 Å². The van der Waals surface area contributed by atoms with E-state index < -0.39 is 5.60 Å². The molecule has 0 spiro atoms. The molecule has 0 aromatic heterocycles. The third kappa shape index (κ3) is 6.24. The average Bonchev–Trinajstić information content (AvgIpc) is 3.09. The lowest BCUT2D eigenvalue weighted by Crippen LogP contribution is -2.39. The molecule has 1 aliphatic rings. The van der Waals surface area contributed by atoms with Crippen LogP contribution in [0.4, 0.5) is 4.79 Å². The van der Waals surface area contributed by atoms with Crippen LogP contribution >= 0.6 is 0 Å². The van der Waals surface area contributed by atoms with E-state index in [1.165, 1.54) is 18.4 Å². The molecule has 0 unspecified atom stereocenters. The van der Waals surface area contributed by atoms with E-state index in [2.05, 4.69) is 39.5 Å². The van der Waals surface area contributed by atoms with E-state index in [1.54, 1.807) is 11.9 Å². The number of likely N-dealkylation sites (tertiary alicyclic amines) is 1. The van der Waals surface area contributed by atoms with E-state index in [4.69, 9.17) is 4.74 Å². The summed E-state index contributed by atoms with van der Waals surface area (Å²) in [6.07, 6.45) is 2.17. The predicted molar refractivity (Wildman–Crippen MR) is 105 cm³/mol. The Hall–Kier alpha value is -2.24. The Balaban J connectivity index is 1.84. The number of nitrogens with zero attached hydrogens (tertiary/aromatic N) is 3. The van der Waals surface area contributed by atoms with E-state index in [0.717, 1.165) is 31.2 Å². The molecule has 0 bridgehead atoms. The number of aliphatic imine (C=N–C) groups is 1. The summed E-state index contributed by atoms with van der Waals surface area (Å²) in [4.78, 5) is 20.3. The number of carbonyl (C=O) groups excluding carboxylic acids is 1. The quantitative estimate of drug-likeness (QED) is 0.662. The lowest BCUT2D eigenvalue weighted by molar-refractivity contribution is 0.0285. The molecule has 1 N–H and O–H groups in total. The van der Waals surface area contributed by atoms with Crippen LogP contribution in [0.25, 0.3) is 0 Å². The van der Waals surface area contributed by atoms with E-state index in [0.29, 0.717) is 6.54 Å². The third-order valence-electron chi connectivity index (χ3n) is 4.22. The fourth-order valence-electron chi connectivity index (χ4n) is 2.88. The summed E-state index contributed by atoms with van der Waals surface area (Å²) in [5.74, 6) is 0.969. The lowest BCUT2D eigenvalue weighted by Gasteiger charge is -2.24. The molecular weight excluding hydrogens is 328 g/mol. The Morgan fingerprint density at radius 3 is 2.31 bits per heavy atom. The highest BCUT2D eigenvalue weighted by Gasteiger charge is 2.19. The Morgan fingerprint density at radius 1 is 1.19 bits per heavy atom. The minimum Gasteiger partial charge on any atom is -0.444 e. The van der Waals surface area contributed by atoms with Gasteiger partial charge in [0.15, 0.2) is 5.96 Å². The molecule has 0 radical (unpaired) electrons. The fraction of sp³-hybridized carbons (Fsp3) is 0.600. The number of ether oxygens (including phenoxy) is 1.